The third kappa shape index (κ3) is 3.38. The zero-order valence-electron chi connectivity index (χ0n) is 15.4. The highest BCUT2D eigenvalue weighted by Crippen LogP contribution is 2.39. The van der Waals surface area contributed by atoms with Gasteiger partial charge in [-0.05, 0) is 54.0 Å². The lowest BCUT2D eigenvalue weighted by Crippen LogP contribution is -2.34. The standard InChI is InChI=1S/C20H18ClFN4O2/c1-10-7-14(18(27)24-8-10)13-4-3-12-9-25-19(17(22)16(12)11(13)2)28-15-5-6-23-20(21)26-15/h5-7,9-10H,3-4,8H2,1-2H3,(H,24,27)/t10-/m1/s1. The summed E-state index contributed by atoms with van der Waals surface area (Å²) in [5, 5.41) is 2.89. The van der Waals surface area contributed by atoms with Crippen LogP contribution >= 0.6 is 11.6 Å². The molecule has 1 aliphatic heterocycles. The van der Waals surface area contributed by atoms with Crippen molar-refractivity contribution in [3.63, 3.8) is 0 Å². The smallest absolute Gasteiger partial charge is 0.258 e. The molecular formula is C20H18ClFN4O2. The Kier molecular flexibility index (Phi) is 4.85. The zero-order valence-corrected chi connectivity index (χ0v) is 16.2. The predicted octanol–water partition coefficient (Wildman–Crippen LogP) is 3.87. The summed E-state index contributed by atoms with van der Waals surface area (Å²) in [5.41, 5.74) is 3.43. The number of carbonyl (C=O) groups is 1. The van der Waals surface area contributed by atoms with E-state index in [0.717, 1.165) is 16.7 Å². The summed E-state index contributed by atoms with van der Waals surface area (Å²) in [4.78, 5) is 24.1. The minimum atomic E-state index is -0.577. The second-order valence-electron chi connectivity index (χ2n) is 6.91. The molecule has 1 atom stereocenters. The molecule has 144 valence electrons. The van der Waals surface area contributed by atoms with Gasteiger partial charge in [-0.3, -0.25) is 4.79 Å². The van der Waals surface area contributed by atoms with Crippen molar-refractivity contribution >= 4 is 23.1 Å². The number of nitrogens with zero attached hydrogens (tertiary/aromatic N) is 3. The van der Waals surface area contributed by atoms with Gasteiger partial charge < -0.3 is 10.1 Å². The summed E-state index contributed by atoms with van der Waals surface area (Å²) >= 11 is 5.75. The van der Waals surface area contributed by atoms with E-state index in [9.17, 15) is 4.79 Å². The van der Waals surface area contributed by atoms with Crippen LogP contribution in [0.1, 0.15) is 31.4 Å². The van der Waals surface area contributed by atoms with E-state index in [4.69, 9.17) is 16.3 Å². The van der Waals surface area contributed by atoms with E-state index < -0.39 is 5.82 Å². The Morgan fingerprint density at radius 1 is 1.32 bits per heavy atom. The number of ether oxygens (including phenoxy) is 1. The van der Waals surface area contributed by atoms with Gasteiger partial charge in [0, 0.05) is 36.1 Å². The van der Waals surface area contributed by atoms with Crippen LogP contribution in [0.5, 0.6) is 11.8 Å². The maximum Gasteiger partial charge on any atom is 0.258 e. The van der Waals surface area contributed by atoms with Gasteiger partial charge >= 0.3 is 0 Å². The fourth-order valence-corrected chi connectivity index (χ4v) is 3.73. The Morgan fingerprint density at radius 3 is 2.93 bits per heavy atom. The average molecular weight is 401 g/mol. The topological polar surface area (TPSA) is 77.0 Å². The molecule has 3 heterocycles. The zero-order chi connectivity index (χ0) is 19.8. The first kappa shape index (κ1) is 18.6. The molecule has 1 aliphatic carbocycles. The molecule has 0 fully saturated rings. The van der Waals surface area contributed by atoms with Gasteiger partial charge in [0.2, 0.25) is 11.2 Å². The number of hydrogen-bond acceptors (Lipinski definition) is 5. The van der Waals surface area contributed by atoms with Crippen molar-refractivity contribution in [2.45, 2.75) is 26.7 Å². The molecule has 0 radical (unpaired) electrons. The molecule has 0 aromatic carbocycles. The number of rotatable bonds is 3. The first-order valence-electron chi connectivity index (χ1n) is 8.98. The Morgan fingerprint density at radius 2 is 2.14 bits per heavy atom. The monoisotopic (exact) mass is 400 g/mol. The summed E-state index contributed by atoms with van der Waals surface area (Å²) in [6, 6.07) is 1.47. The van der Waals surface area contributed by atoms with E-state index in [1.54, 1.807) is 6.20 Å². The van der Waals surface area contributed by atoms with Crippen LogP contribution in [0.2, 0.25) is 5.28 Å². The number of pyridine rings is 1. The summed E-state index contributed by atoms with van der Waals surface area (Å²) in [6.45, 7) is 4.48. The number of fused-ring (bicyclic) bond motifs is 1. The van der Waals surface area contributed by atoms with Crippen LogP contribution in [0.25, 0.3) is 5.57 Å². The lowest BCUT2D eigenvalue weighted by molar-refractivity contribution is -0.117. The van der Waals surface area contributed by atoms with Gasteiger partial charge in [0.1, 0.15) is 0 Å². The summed E-state index contributed by atoms with van der Waals surface area (Å²) < 4.78 is 20.8. The molecule has 0 saturated heterocycles. The van der Waals surface area contributed by atoms with Gasteiger partial charge in [-0.1, -0.05) is 13.0 Å². The van der Waals surface area contributed by atoms with E-state index in [-0.39, 0.29) is 28.9 Å². The second-order valence-corrected chi connectivity index (χ2v) is 7.25. The van der Waals surface area contributed by atoms with E-state index >= 15 is 4.39 Å². The number of allylic oxidation sites excluding steroid dienone is 1. The van der Waals surface area contributed by atoms with E-state index in [2.05, 4.69) is 20.3 Å². The number of aromatic nitrogens is 3. The Labute approximate surface area is 166 Å². The number of nitrogens with one attached hydrogen (secondary N) is 1. The predicted molar refractivity (Wildman–Crippen MR) is 102 cm³/mol. The Balaban J connectivity index is 1.76. The van der Waals surface area contributed by atoms with Crippen molar-refractivity contribution in [1.82, 2.24) is 20.3 Å². The van der Waals surface area contributed by atoms with Gasteiger partial charge in [-0.15, -0.1) is 0 Å². The number of halogens is 2. The molecule has 0 saturated carbocycles. The molecule has 8 heteroatoms. The molecule has 1 amide bonds. The average Bonchev–Trinajstić information content (AvgIpc) is 2.66. The van der Waals surface area contributed by atoms with Crippen molar-refractivity contribution in [2.75, 3.05) is 6.54 Å². The second kappa shape index (κ2) is 7.31. The maximum atomic E-state index is 15.3. The third-order valence-electron chi connectivity index (χ3n) is 4.95. The van der Waals surface area contributed by atoms with Crippen molar-refractivity contribution < 1.29 is 13.9 Å². The van der Waals surface area contributed by atoms with Gasteiger partial charge in [0.15, 0.2) is 5.82 Å². The molecule has 2 aromatic rings. The minimum Gasteiger partial charge on any atom is -0.417 e. The van der Waals surface area contributed by atoms with Crippen LogP contribution in [0.4, 0.5) is 4.39 Å². The van der Waals surface area contributed by atoms with Crippen LogP contribution in [-0.4, -0.2) is 27.4 Å². The molecule has 0 unspecified atom stereocenters. The van der Waals surface area contributed by atoms with Crippen LogP contribution in [-0.2, 0) is 11.2 Å². The quantitative estimate of drug-likeness (QED) is 0.791. The van der Waals surface area contributed by atoms with Crippen molar-refractivity contribution in [3.8, 4) is 11.8 Å². The molecular weight excluding hydrogens is 383 g/mol. The number of carbonyl (C=O) groups excluding carboxylic acids is 1. The van der Waals surface area contributed by atoms with Crippen LogP contribution < -0.4 is 10.1 Å². The van der Waals surface area contributed by atoms with Crippen LogP contribution in [0.15, 0.2) is 35.7 Å². The molecule has 1 N–H and O–H groups in total. The fraction of sp³-hybridized carbons (Fsp3) is 0.300. The maximum absolute atomic E-state index is 15.3. The largest absolute Gasteiger partial charge is 0.417 e. The van der Waals surface area contributed by atoms with Crippen molar-refractivity contribution in [1.29, 1.82) is 0 Å². The van der Waals surface area contributed by atoms with Gasteiger partial charge in [-0.25, -0.2) is 14.4 Å². The summed E-state index contributed by atoms with van der Waals surface area (Å²) in [7, 11) is 0. The highest BCUT2D eigenvalue weighted by atomic mass is 35.5. The van der Waals surface area contributed by atoms with Crippen LogP contribution in [0, 0.1) is 11.7 Å². The molecule has 0 spiro atoms. The first-order valence-corrected chi connectivity index (χ1v) is 9.36. The van der Waals surface area contributed by atoms with Crippen molar-refractivity contribution in [2.24, 2.45) is 5.92 Å². The molecule has 0 bridgehead atoms. The minimum absolute atomic E-state index is 0.00130. The van der Waals surface area contributed by atoms with E-state index in [1.165, 1.54) is 12.3 Å². The van der Waals surface area contributed by atoms with E-state index in [1.807, 2.05) is 19.9 Å². The molecule has 28 heavy (non-hydrogen) atoms. The molecule has 6 nitrogen and oxygen atoms in total. The lowest BCUT2D eigenvalue weighted by atomic mass is 9.82. The number of hydrogen-bond donors (Lipinski definition) is 1. The van der Waals surface area contributed by atoms with Crippen LogP contribution in [0.3, 0.4) is 0 Å². The highest BCUT2D eigenvalue weighted by Gasteiger charge is 2.28. The highest BCUT2D eigenvalue weighted by molar-refractivity contribution is 6.28. The SMILES string of the molecule is CC1=C(C2=C[C@@H](C)CNC2=O)CCc2cnc(Oc3ccnc(Cl)n3)c(F)c21. The third-order valence-corrected chi connectivity index (χ3v) is 5.13. The number of aryl methyl sites for hydroxylation is 1. The summed E-state index contributed by atoms with van der Waals surface area (Å²) in [6.07, 6.45) is 6.24. The first-order chi connectivity index (χ1) is 13.4. The van der Waals surface area contributed by atoms with E-state index in [0.29, 0.717) is 30.5 Å². The Bertz CT molecular complexity index is 1030. The number of amides is 1. The fourth-order valence-electron chi connectivity index (χ4n) is 3.59. The van der Waals surface area contributed by atoms with Gasteiger partial charge in [0.25, 0.3) is 11.8 Å². The normalized spacial score (nSPS) is 19.1. The van der Waals surface area contributed by atoms with Gasteiger partial charge in [-0.2, -0.15) is 4.98 Å². The van der Waals surface area contributed by atoms with Gasteiger partial charge in [0.05, 0.1) is 0 Å². The molecule has 2 aromatic heterocycles. The molecule has 2 aliphatic rings. The van der Waals surface area contributed by atoms with Crippen molar-refractivity contribution in [3.05, 3.63) is 57.9 Å². The summed E-state index contributed by atoms with van der Waals surface area (Å²) in [5.74, 6) is -0.542. The molecule has 4 rings (SSSR count). The Hall–Kier alpha value is -2.80. The lowest BCUT2D eigenvalue weighted by Gasteiger charge is -2.26.